The highest BCUT2D eigenvalue weighted by Gasteiger charge is 2.36. The third kappa shape index (κ3) is 3.71. The number of nitrogens with zero attached hydrogens (tertiary/aromatic N) is 2. The van der Waals surface area contributed by atoms with E-state index < -0.39 is 10.4 Å². The number of sulfonamides is 1. The zero-order valence-electron chi connectivity index (χ0n) is 14.3. The Bertz CT molecular complexity index is 624. The summed E-state index contributed by atoms with van der Waals surface area (Å²) in [6, 6.07) is 7.20. The van der Waals surface area contributed by atoms with E-state index in [-0.39, 0.29) is 11.9 Å². The van der Waals surface area contributed by atoms with Gasteiger partial charge in [0.1, 0.15) is 0 Å². The van der Waals surface area contributed by atoms with E-state index in [0.717, 1.165) is 44.2 Å². The second kappa shape index (κ2) is 7.33. The van der Waals surface area contributed by atoms with Crippen molar-refractivity contribution in [3.8, 4) is 0 Å². The third-order valence-corrected chi connectivity index (χ3v) is 7.05. The van der Waals surface area contributed by atoms with E-state index in [1.54, 1.807) is 16.4 Å². The van der Waals surface area contributed by atoms with Gasteiger partial charge in [-0.15, -0.1) is 4.31 Å². The predicted molar refractivity (Wildman–Crippen MR) is 93.0 cm³/mol. The van der Waals surface area contributed by atoms with Crippen molar-refractivity contribution in [3.05, 3.63) is 29.8 Å². The maximum absolute atomic E-state index is 12.7. The molecule has 1 aromatic carbocycles. The Labute approximate surface area is 145 Å². The first-order valence-electron chi connectivity index (χ1n) is 8.85. The Morgan fingerprint density at radius 2 is 1.71 bits per heavy atom. The number of hydrogen-bond acceptors (Lipinski definition) is 3. The fourth-order valence-electron chi connectivity index (χ4n) is 3.64. The summed E-state index contributed by atoms with van der Waals surface area (Å²) >= 11 is 0. The lowest BCUT2D eigenvalue weighted by atomic mass is 10.0. The van der Waals surface area contributed by atoms with Crippen LogP contribution in [0.15, 0.2) is 29.2 Å². The molecule has 1 atom stereocenters. The second-order valence-corrected chi connectivity index (χ2v) is 8.78. The number of benzene rings is 1. The monoisotopic (exact) mass is 350 g/mol. The van der Waals surface area contributed by atoms with Crippen LogP contribution >= 0.6 is 0 Å². The Hall–Kier alpha value is -1.24. The van der Waals surface area contributed by atoms with E-state index in [1.807, 2.05) is 24.0 Å². The minimum atomic E-state index is -3.42. The molecule has 1 unspecified atom stereocenters. The molecular weight excluding hydrogens is 324 g/mol. The van der Waals surface area contributed by atoms with Crippen LogP contribution in [-0.4, -0.2) is 45.3 Å². The minimum Gasteiger partial charge on any atom is -0.593 e. The highest BCUT2D eigenvalue weighted by molar-refractivity contribution is 7.95. The standard InChI is InChI=1S/C18H26N2O3S/c1-15-6-8-17(9-7-15)24(22,23)19-13-10-16(11-14-19)20-12-4-2-3-5-18(20)21/h6-9,16H,2-5,10-14H2,1H3. The van der Waals surface area contributed by atoms with Crippen molar-refractivity contribution >= 4 is 16.3 Å². The summed E-state index contributed by atoms with van der Waals surface area (Å²) in [4.78, 5) is 14.6. The van der Waals surface area contributed by atoms with Crippen LogP contribution in [0.25, 0.3) is 0 Å². The van der Waals surface area contributed by atoms with Gasteiger partial charge >= 0.3 is 0 Å². The molecule has 0 bridgehead atoms. The zero-order chi connectivity index (χ0) is 17.2. The quantitative estimate of drug-likeness (QED) is 0.788. The number of piperidine rings is 1. The molecule has 3 rings (SSSR count). The van der Waals surface area contributed by atoms with Crippen LogP contribution in [-0.2, 0) is 19.4 Å². The van der Waals surface area contributed by atoms with Gasteiger partial charge < -0.3 is 9.45 Å². The zero-order valence-corrected chi connectivity index (χ0v) is 15.1. The van der Waals surface area contributed by atoms with Gasteiger partial charge in [0, 0.05) is 32.1 Å². The molecule has 0 aliphatic carbocycles. The summed E-state index contributed by atoms with van der Waals surface area (Å²) in [6.45, 7) is 3.75. The number of amides is 1. The van der Waals surface area contributed by atoms with Gasteiger partial charge in [0.25, 0.3) is 0 Å². The van der Waals surface area contributed by atoms with Gasteiger partial charge in [0.2, 0.25) is 5.91 Å². The Morgan fingerprint density at radius 3 is 2.38 bits per heavy atom. The third-order valence-electron chi connectivity index (χ3n) is 5.13. The fraction of sp³-hybridized carbons (Fsp3) is 0.611. The van der Waals surface area contributed by atoms with Crippen molar-refractivity contribution in [2.24, 2.45) is 0 Å². The van der Waals surface area contributed by atoms with Crippen molar-refractivity contribution in [1.82, 2.24) is 9.21 Å². The number of carbonyl (C=O) groups excluding carboxylic acids is 1. The van der Waals surface area contributed by atoms with Gasteiger partial charge in [-0.05, 0) is 44.7 Å². The van der Waals surface area contributed by atoms with Crippen LogP contribution in [0, 0.1) is 6.92 Å². The van der Waals surface area contributed by atoms with E-state index in [4.69, 9.17) is 0 Å². The molecule has 24 heavy (non-hydrogen) atoms. The molecule has 1 amide bonds. The lowest BCUT2D eigenvalue weighted by Gasteiger charge is -2.38. The molecule has 1 aromatic rings. The van der Waals surface area contributed by atoms with Crippen LogP contribution < -0.4 is 0 Å². The Balaban J connectivity index is 1.64. The maximum Gasteiger partial charge on any atom is 0.222 e. The second-order valence-electron chi connectivity index (χ2n) is 6.85. The summed E-state index contributed by atoms with van der Waals surface area (Å²) in [5.41, 5.74) is 1.05. The molecule has 0 saturated carbocycles. The van der Waals surface area contributed by atoms with E-state index in [1.165, 1.54) is 0 Å². The van der Waals surface area contributed by atoms with Gasteiger partial charge in [-0.3, -0.25) is 4.79 Å². The maximum atomic E-state index is 12.7. The normalized spacial score (nSPS) is 23.8. The molecule has 2 aliphatic heterocycles. The van der Waals surface area contributed by atoms with Crippen molar-refractivity contribution in [1.29, 1.82) is 0 Å². The minimum absolute atomic E-state index is 0.195. The number of rotatable bonds is 3. The summed E-state index contributed by atoms with van der Waals surface area (Å²) in [5, 5.41) is 0. The van der Waals surface area contributed by atoms with Crippen LogP contribution in [0.2, 0.25) is 0 Å². The van der Waals surface area contributed by atoms with Gasteiger partial charge in [-0.25, -0.2) is 0 Å². The predicted octanol–water partition coefficient (Wildman–Crippen LogP) is 2.77. The van der Waals surface area contributed by atoms with E-state index in [0.29, 0.717) is 24.4 Å². The summed E-state index contributed by atoms with van der Waals surface area (Å²) in [6.07, 6.45) is 5.27. The Kier molecular flexibility index (Phi) is 5.37. The number of hydrogen-bond donors (Lipinski definition) is 0. The average Bonchev–Trinajstić information content (AvgIpc) is 2.80. The van der Waals surface area contributed by atoms with Gasteiger partial charge in [-0.1, -0.05) is 28.3 Å². The van der Waals surface area contributed by atoms with Gasteiger partial charge in [0.15, 0.2) is 15.3 Å². The summed E-state index contributed by atoms with van der Waals surface area (Å²) < 4.78 is 27.1. The summed E-state index contributed by atoms with van der Waals surface area (Å²) in [5.74, 6) is 0.243. The fourth-order valence-corrected chi connectivity index (χ4v) is 5.11. The Morgan fingerprint density at radius 1 is 1.04 bits per heavy atom. The number of carbonyl (C=O) groups is 1. The molecule has 2 heterocycles. The molecule has 2 saturated heterocycles. The SMILES string of the molecule is Cc1ccc([S+](=O)([O-])N2CCC(N3CCCCCC3=O)CC2)cc1. The molecule has 2 fully saturated rings. The smallest absolute Gasteiger partial charge is 0.222 e. The highest BCUT2D eigenvalue weighted by atomic mass is 32.3. The van der Waals surface area contributed by atoms with Crippen molar-refractivity contribution in [2.75, 3.05) is 19.6 Å². The van der Waals surface area contributed by atoms with Crippen molar-refractivity contribution in [2.45, 2.75) is 56.4 Å². The molecule has 0 N–H and O–H groups in total. The molecule has 132 valence electrons. The average molecular weight is 350 g/mol. The number of likely N-dealkylation sites (tertiary alicyclic amines) is 1. The number of aryl methyl sites for hydroxylation is 1. The molecule has 0 radical (unpaired) electrons. The topological polar surface area (TPSA) is 63.7 Å². The van der Waals surface area contributed by atoms with E-state index in [2.05, 4.69) is 0 Å². The van der Waals surface area contributed by atoms with Gasteiger partial charge in [0.05, 0.1) is 0 Å². The lowest BCUT2D eigenvalue weighted by Crippen LogP contribution is -2.50. The van der Waals surface area contributed by atoms with Crippen molar-refractivity contribution in [3.63, 3.8) is 0 Å². The first-order chi connectivity index (χ1) is 11.5. The highest BCUT2D eigenvalue weighted by Crippen LogP contribution is 2.28. The van der Waals surface area contributed by atoms with E-state index >= 15 is 0 Å². The molecule has 5 nitrogen and oxygen atoms in total. The lowest BCUT2D eigenvalue weighted by molar-refractivity contribution is -0.133. The molecule has 2 aliphatic rings. The van der Waals surface area contributed by atoms with Gasteiger partial charge in [-0.2, -0.15) is 0 Å². The largest absolute Gasteiger partial charge is 0.593 e. The first kappa shape index (κ1) is 17.6. The molecule has 0 spiro atoms. The van der Waals surface area contributed by atoms with Crippen molar-refractivity contribution < 1.29 is 13.6 Å². The summed E-state index contributed by atoms with van der Waals surface area (Å²) in [7, 11) is -3.42. The van der Waals surface area contributed by atoms with Crippen LogP contribution in [0.3, 0.4) is 0 Å². The van der Waals surface area contributed by atoms with Crippen LogP contribution in [0.5, 0.6) is 0 Å². The van der Waals surface area contributed by atoms with Crippen LogP contribution in [0.1, 0.15) is 44.1 Å². The first-order valence-corrected chi connectivity index (χ1v) is 10.3. The molecule has 0 aromatic heterocycles. The molecular formula is C18H26N2O3S. The molecule has 6 heteroatoms. The van der Waals surface area contributed by atoms with Crippen LogP contribution in [0.4, 0.5) is 0 Å². The van der Waals surface area contributed by atoms with E-state index in [9.17, 15) is 13.6 Å².